The van der Waals surface area contributed by atoms with Gasteiger partial charge in [0.1, 0.15) is 0 Å². The second kappa shape index (κ2) is 5.82. The predicted molar refractivity (Wildman–Crippen MR) is 75.0 cm³/mol. The van der Waals surface area contributed by atoms with Gasteiger partial charge in [-0.25, -0.2) is 0 Å². The molecule has 0 spiro atoms. The molecule has 0 amide bonds. The zero-order valence-electron chi connectivity index (χ0n) is 10.4. The Hall–Kier alpha value is -2.62. The van der Waals surface area contributed by atoms with Crippen LogP contribution in [-0.4, -0.2) is 12.0 Å². The lowest BCUT2D eigenvalue weighted by atomic mass is 10.1. The van der Waals surface area contributed by atoms with Crippen LogP contribution in [-0.2, 0) is 0 Å². The van der Waals surface area contributed by atoms with Crippen molar-refractivity contribution in [3.63, 3.8) is 0 Å². The molecule has 0 aliphatic heterocycles. The van der Waals surface area contributed by atoms with Crippen LogP contribution in [0.25, 0.3) is 12.2 Å². The summed E-state index contributed by atoms with van der Waals surface area (Å²) in [5.41, 5.74) is 1.89. The highest BCUT2D eigenvalue weighted by atomic mass is 16.6. The van der Waals surface area contributed by atoms with Crippen molar-refractivity contribution in [2.24, 2.45) is 0 Å². The van der Waals surface area contributed by atoms with E-state index in [4.69, 9.17) is 4.74 Å². The monoisotopic (exact) mass is 255 g/mol. The summed E-state index contributed by atoms with van der Waals surface area (Å²) in [4.78, 5) is 10.3. The minimum absolute atomic E-state index is 0.0284. The van der Waals surface area contributed by atoms with Crippen LogP contribution in [0.4, 0.5) is 5.69 Å². The number of rotatable bonds is 4. The molecular weight excluding hydrogens is 242 g/mol. The maximum Gasteiger partial charge on any atom is 0.310 e. The lowest BCUT2D eigenvalue weighted by molar-refractivity contribution is -0.385. The number of methoxy groups -OCH3 is 1. The van der Waals surface area contributed by atoms with Gasteiger partial charge in [0.05, 0.1) is 12.0 Å². The second-order valence-corrected chi connectivity index (χ2v) is 3.93. The van der Waals surface area contributed by atoms with Gasteiger partial charge in [0.25, 0.3) is 0 Å². The van der Waals surface area contributed by atoms with E-state index in [0.717, 1.165) is 11.1 Å². The first-order chi connectivity index (χ1) is 9.20. The van der Waals surface area contributed by atoms with Crippen molar-refractivity contribution in [2.75, 3.05) is 7.11 Å². The summed E-state index contributed by atoms with van der Waals surface area (Å²) in [5.74, 6) is 0.264. The summed E-state index contributed by atoms with van der Waals surface area (Å²) in [6, 6.07) is 14.6. The van der Waals surface area contributed by atoms with Crippen molar-refractivity contribution in [2.45, 2.75) is 0 Å². The fourth-order valence-corrected chi connectivity index (χ4v) is 1.71. The molecule has 0 saturated heterocycles. The van der Waals surface area contributed by atoms with E-state index in [9.17, 15) is 10.1 Å². The first kappa shape index (κ1) is 12.8. The van der Waals surface area contributed by atoms with E-state index in [1.165, 1.54) is 13.2 Å². The molecule has 0 fully saturated rings. The van der Waals surface area contributed by atoms with Crippen LogP contribution in [0.5, 0.6) is 5.75 Å². The molecule has 4 heteroatoms. The first-order valence-electron chi connectivity index (χ1n) is 5.76. The Morgan fingerprint density at radius 1 is 1.05 bits per heavy atom. The van der Waals surface area contributed by atoms with E-state index in [1.807, 2.05) is 42.5 Å². The number of nitro benzene ring substituents is 1. The van der Waals surface area contributed by atoms with Crippen molar-refractivity contribution in [3.8, 4) is 5.75 Å². The lowest BCUT2D eigenvalue weighted by Gasteiger charge is -2.02. The molecule has 2 rings (SSSR count). The Morgan fingerprint density at radius 3 is 2.37 bits per heavy atom. The van der Waals surface area contributed by atoms with Gasteiger partial charge in [-0.2, -0.15) is 0 Å². The molecule has 0 bridgehead atoms. The fourth-order valence-electron chi connectivity index (χ4n) is 1.71. The number of hydrogen-bond donors (Lipinski definition) is 0. The molecule has 4 nitrogen and oxygen atoms in total. The van der Waals surface area contributed by atoms with Crippen LogP contribution in [0.3, 0.4) is 0 Å². The average molecular weight is 255 g/mol. The molecule has 0 radical (unpaired) electrons. The topological polar surface area (TPSA) is 52.4 Å². The van der Waals surface area contributed by atoms with Crippen LogP contribution in [0.2, 0.25) is 0 Å². The number of hydrogen-bond acceptors (Lipinski definition) is 3. The van der Waals surface area contributed by atoms with E-state index < -0.39 is 4.92 Å². The highest BCUT2D eigenvalue weighted by Gasteiger charge is 2.13. The summed E-state index contributed by atoms with van der Waals surface area (Å²) in [6.07, 6.45) is 3.84. The Balaban J connectivity index is 2.27. The van der Waals surface area contributed by atoms with Gasteiger partial charge in [-0.1, -0.05) is 42.5 Å². The van der Waals surface area contributed by atoms with Crippen molar-refractivity contribution in [3.05, 3.63) is 69.8 Å². The molecule has 0 atom stereocenters. The van der Waals surface area contributed by atoms with Gasteiger partial charge in [0.15, 0.2) is 5.75 Å². The van der Waals surface area contributed by atoms with Gasteiger partial charge in [0.2, 0.25) is 0 Å². The summed E-state index contributed by atoms with van der Waals surface area (Å²) in [5, 5.41) is 10.8. The smallest absolute Gasteiger partial charge is 0.310 e. The molecule has 2 aromatic carbocycles. The van der Waals surface area contributed by atoms with Gasteiger partial charge in [-0.3, -0.25) is 10.1 Å². The molecule has 0 N–H and O–H groups in total. The first-order valence-corrected chi connectivity index (χ1v) is 5.76. The number of ether oxygens (including phenoxy) is 1. The molecule has 0 heterocycles. The Kier molecular flexibility index (Phi) is 3.93. The van der Waals surface area contributed by atoms with E-state index in [-0.39, 0.29) is 11.4 Å². The number of nitro groups is 1. The quantitative estimate of drug-likeness (QED) is 0.474. The van der Waals surface area contributed by atoms with Crippen LogP contribution in [0.15, 0.2) is 48.5 Å². The van der Waals surface area contributed by atoms with E-state index in [0.29, 0.717) is 0 Å². The van der Waals surface area contributed by atoms with Crippen molar-refractivity contribution >= 4 is 17.8 Å². The maximum atomic E-state index is 10.8. The summed E-state index contributed by atoms with van der Waals surface area (Å²) >= 11 is 0. The van der Waals surface area contributed by atoms with E-state index >= 15 is 0 Å². The van der Waals surface area contributed by atoms with Crippen molar-refractivity contribution in [1.29, 1.82) is 0 Å². The standard InChI is InChI=1S/C15H13NO3/c1-19-15-11-13(9-10-14(15)16(17)18)8-7-12-5-3-2-4-6-12/h2-11H,1H3. The Bertz CT molecular complexity index is 606. The predicted octanol–water partition coefficient (Wildman–Crippen LogP) is 3.77. The van der Waals surface area contributed by atoms with E-state index in [2.05, 4.69) is 0 Å². The zero-order valence-corrected chi connectivity index (χ0v) is 10.4. The molecule has 0 aliphatic rings. The molecule has 0 saturated carbocycles. The molecule has 0 aliphatic carbocycles. The molecule has 96 valence electrons. The zero-order chi connectivity index (χ0) is 13.7. The van der Waals surface area contributed by atoms with Crippen LogP contribution in [0.1, 0.15) is 11.1 Å². The maximum absolute atomic E-state index is 10.8. The van der Waals surface area contributed by atoms with Crippen LogP contribution < -0.4 is 4.74 Å². The Labute approximate surface area is 111 Å². The highest BCUT2D eigenvalue weighted by Crippen LogP contribution is 2.28. The third-order valence-electron chi connectivity index (χ3n) is 2.67. The van der Waals surface area contributed by atoms with E-state index in [1.54, 1.807) is 12.1 Å². The molecule has 2 aromatic rings. The number of nitrogens with zero attached hydrogens (tertiary/aromatic N) is 1. The fraction of sp³-hybridized carbons (Fsp3) is 0.0667. The third kappa shape index (κ3) is 3.19. The van der Waals surface area contributed by atoms with Crippen LogP contribution in [0, 0.1) is 10.1 Å². The largest absolute Gasteiger partial charge is 0.490 e. The van der Waals surface area contributed by atoms with Gasteiger partial charge < -0.3 is 4.74 Å². The molecule has 0 aromatic heterocycles. The molecular formula is C15H13NO3. The van der Waals surface area contributed by atoms with Crippen LogP contribution >= 0.6 is 0 Å². The summed E-state index contributed by atoms with van der Waals surface area (Å²) in [6.45, 7) is 0. The summed E-state index contributed by atoms with van der Waals surface area (Å²) < 4.78 is 5.02. The van der Waals surface area contributed by atoms with Crippen molar-refractivity contribution < 1.29 is 9.66 Å². The van der Waals surface area contributed by atoms with Gasteiger partial charge in [0, 0.05) is 6.07 Å². The van der Waals surface area contributed by atoms with Gasteiger partial charge >= 0.3 is 5.69 Å². The summed E-state index contributed by atoms with van der Waals surface area (Å²) in [7, 11) is 1.42. The Morgan fingerprint density at radius 2 is 1.74 bits per heavy atom. The number of benzene rings is 2. The highest BCUT2D eigenvalue weighted by molar-refractivity contribution is 5.71. The third-order valence-corrected chi connectivity index (χ3v) is 2.67. The minimum Gasteiger partial charge on any atom is -0.490 e. The lowest BCUT2D eigenvalue weighted by Crippen LogP contribution is -1.93. The SMILES string of the molecule is COc1cc(C=Cc2ccccc2)ccc1[N+](=O)[O-]. The average Bonchev–Trinajstić information content (AvgIpc) is 2.45. The van der Waals surface area contributed by atoms with Gasteiger partial charge in [-0.15, -0.1) is 0 Å². The minimum atomic E-state index is -0.455. The molecule has 0 unspecified atom stereocenters. The molecule has 19 heavy (non-hydrogen) atoms. The normalized spacial score (nSPS) is 10.6. The second-order valence-electron chi connectivity index (χ2n) is 3.93. The van der Waals surface area contributed by atoms with Gasteiger partial charge in [-0.05, 0) is 23.3 Å². The van der Waals surface area contributed by atoms with Crippen molar-refractivity contribution in [1.82, 2.24) is 0 Å².